The summed E-state index contributed by atoms with van der Waals surface area (Å²) in [5.41, 5.74) is 3.05. The smallest absolute Gasteiger partial charge is 0.296 e. The zero-order valence-electron chi connectivity index (χ0n) is 16.6. The molecule has 1 atom stereocenters. The lowest BCUT2D eigenvalue weighted by Gasteiger charge is -2.24. The van der Waals surface area contributed by atoms with E-state index in [2.05, 4.69) is 4.98 Å². The molecule has 3 aromatic carbocycles. The van der Waals surface area contributed by atoms with Crippen LogP contribution in [-0.2, 0) is 4.79 Å². The van der Waals surface area contributed by atoms with E-state index < -0.39 is 17.7 Å². The van der Waals surface area contributed by atoms with E-state index in [1.165, 1.54) is 16.2 Å². The van der Waals surface area contributed by atoms with Gasteiger partial charge in [-0.25, -0.2) is 4.98 Å². The summed E-state index contributed by atoms with van der Waals surface area (Å²) >= 11 is 1.36. The highest BCUT2D eigenvalue weighted by atomic mass is 32.1. The number of amides is 1. The van der Waals surface area contributed by atoms with Crippen molar-refractivity contribution in [2.45, 2.75) is 13.0 Å². The van der Waals surface area contributed by atoms with Crippen molar-refractivity contribution in [3.05, 3.63) is 107 Å². The standard InChI is InChI=1S/C25H18N2O3S/c1-15-11-13-16(14-12-15)21-20(22(28)17-7-3-2-4-8-17)23(29)24(30)27(21)25-26-18-9-5-6-10-19(18)31-25/h2-14,21,29H,1H3. The first kappa shape index (κ1) is 19.2. The Balaban J connectivity index is 1.68. The van der Waals surface area contributed by atoms with Gasteiger partial charge in [-0.2, -0.15) is 0 Å². The number of carbonyl (C=O) groups excluding carboxylic acids is 2. The number of rotatable bonds is 4. The van der Waals surface area contributed by atoms with Gasteiger partial charge in [0.2, 0.25) is 0 Å². The Morgan fingerprint density at radius 2 is 1.65 bits per heavy atom. The van der Waals surface area contributed by atoms with E-state index in [1.807, 2.05) is 61.5 Å². The van der Waals surface area contributed by atoms with Gasteiger partial charge in [0.05, 0.1) is 21.8 Å². The summed E-state index contributed by atoms with van der Waals surface area (Å²) in [4.78, 5) is 32.6. The molecule has 1 aliphatic heterocycles. The number of aliphatic hydroxyl groups is 1. The molecule has 0 saturated heterocycles. The fourth-order valence-corrected chi connectivity index (χ4v) is 4.80. The number of aryl methyl sites for hydroxylation is 1. The highest BCUT2D eigenvalue weighted by molar-refractivity contribution is 7.22. The molecule has 1 N–H and O–H groups in total. The summed E-state index contributed by atoms with van der Waals surface area (Å²) in [6, 6.07) is 23.1. The highest BCUT2D eigenvalue weighted by Gasteiger charge is 2.45. The molecule has 0 fully saturated rings. The van der Waals surface area contributed by atoms with E-state index in [-0.39, 0.29) is 11.4 Å². The number of para-hydroxylation sites is 1. The van der Waals surface area contributed by atoms with Gasteiger partial charge in [0.15, 0.2) is 16.7 Å². The van der Waals surface area contributed by atoms with Crippen LogP contribution in [-0.4, -0.2) is 21.8 Å². The molecule has 4 aromatic rings. The summed E-state index contributed by atoms with van der Waals surface area (Å²) in [7, 11) is 0. The Bertz CT molecular complexity index is 1310. The lowest BCUT2D eigenvalue weighted by atomic mass is 9.92. The van der Waals surface area contributed by atoms with Gasteiger partial charge < -0.3 is 5.11 Å². The van der Waals surface area contributed by atoms with Crippen molar-refractivity contribution in [2.75, 3.05) is 4.90 Å². The molecule has 6 heteroatoms. The van der Waals surface area contributed by atoms with Crippen molar-refractivity contribution in [3.8, 4) is 0 Å². The summed E-state index contributed by atoms with van der Waals surface area (Å²) in [5.74, 6) is -1.52. The Morgan fingerprint density at radius 3 is 2.35 bits per heavy atom. The predicted octanol–water partition coefficient (Wildman–Crippen LogP) is 5.39. The van der Waals surface area contributed by atoms with E-state index in [1.54, 1.807) is 24.3 Å². The third kappa shape index (κ3) is 3.21. The third-order valence-corrected chi connectivity index (χ3v) is 6.41. The molecule has 2 heterocycles. The van der Waals surface area contributed by atoms with Crippen molar-refractivity contribution in [3.63, 3.8) is 0 Å². The number of nitrogens with zero attached hydrogens (tertiary/aromatic N) is 2. The molecular formula is C25H18N2O3S. The van der Waals surface area contributed by atoms with E-state index in [0.29, 0.717) is 10.7 Å². The number of Topliss-reactive ketones (excluding diaryl/α,β-unsaturated/α-hetero) is 1. The van der Waals surface area contributed by atoms with E-state index in [4.69, 9.17) is 0 Å². The molecule has 0 spiro atoms. The molecule has 0 bridgehead atoms. The quantitative estimate of drug-likeness (QED) is 0.444. The highest BCUT2D eigenvalue weighted by Crippen LogP contribution is 2.44. The number of fused-ring (bicyclic) bond motifs is 1. The molecule has 0 radical (unpaired) electrons. The largest absolute Gasteiger partial charge is 0.503 e. The van der Waals surface area contributed by atoms with Crippen LogP contribution in [0.15, 0.2) is 90.2 Å². The number of hydrogen-bond donors (Lipinski definition) is 1. The second kappa shape index (κ2) is 7.49. The Morgan fingerprint density at radius 1 is 0.968 bits per heavy atom. The van der Waals surface area contributed by atoms with Crippen molar-refractivity contribution < 1.29 is 14.7 Å². The van der Waals surface area contributed by atoms with Gasteiger partial charge in [-0.15, -0.1) is 0 Å². The minimum Gasteiger partial charge on any atom is -0.503 e. The van der Waals surface area contributed by atoms with Crippen molar-refractivity contribution >= 4 is 38.4 Å². The third-order valence-electron chi connectivity index (χ3n) is 5.37. The van der Waals surface area contributed by atoms with Gasteiger partial charge in [-0.3, -0.25) is 14.5 Å². The molecule has 5 rings (SSSR count). The maximum Gasteiger partial charge on any atom is 0.296 e. The van der Waals surface area contributed by atoms with Gasteiger partial charge >= 0.3 is 0 Å². The molecule has 0 saturated carbocycles. The van der Waals surface area contributed by atoms with Crippen LogP contribution in [0.4, 0.5) is 5.13 Å². The average molecular weight is 426 g/mol. The van der Waals surface area contributed by atoms with Crippen LogP contribution >= 0.6 is 11.3 Å². The molecule has 152 valence electrons. The molecule has 1 aliphatic rings. The van der Waals surface area contributed by atoms with Crippen molar-refractivity contribution in [2.24, 2.45) is 0 Å². The zero-order chi connectivity index (χ0) is 21.5. The summed E-state index contributed by atoms with van der Waals surface area (Å²) in [6.07, 6.45) is 0. The lowest BCUT2D eigenvalue weighted by molar-refractivity contribution is -0.117. The Hall–Kier alpha value is -3.77. The molecular weight excluding hydrogens is 408 g/mol. The zero-order valence-corrected chi connectivity index (χ0v) is 17.5. The molecule has 5 nitrogen and oxygen atoms in total. The van der Waals surface area contributed by atoms with E-state index in [0.717, 1.165) is 21.3 Å². The molecule has 1 aromatic heterocycles. The van der Waals surface area contributed by atoms with Crippen molar-refractivity contribution in [1.29, 1.82) is 0 Å². The fourth-order valence-electron chi connectivity index (χ4n) is 3.81. The SMILES string of the molecule is Cc1ccc(C2C(C(=O)c3ccccc3)=C(O)C(=O)N2c2nc3ccccc3s2)cc1. The van der Waals surface area contributed by atoms with Gasteiger partial charge in [0.25, 0.3) is 5.91 Å². The maximum absolute atomic E-state index is 13.4. The topological polar surface area (TPSA) is 70.5 Å². The van der Waals surface area contributed by atoms with Crippen LogP contribution in [0, 0.1) is 6.92 Å². The summed E-state index contributed by atoms with van der Waals surface area (Å²) in [6.45, 7) is 1.97. The number of aromatic nitrogens is 1. The predicted molar refractivity (Wildman–Crippen MR) is 121 cm³/mol. The molecule has 0 aliphatic carbocycles. The molecule has 1 amide bonds. The number of anilines is 1. The van der Waals surface area contributed by atoms with Crippen LogP contribution < -0.4 is 4.90 Å². The summed E-state index contributed by atoms with van der Waals surface area (Å²) < 4.78 is 0.926. The number of thiazole rings is 1. The first-order chi connectivity index (χ1) is 15.0. The number of hydrogen-bond acceptors (Lipinski definition) is 5. The van der Waals surface area contributed by atoms with Crippen LogP contribution in [0.5, 0.6) is 0 Å². The number of aliphatic hydroxyl groups excluding tert-OH is 1. The second-order valence-corrected chi connectivity index (χ2v) is 8.42. The second-order valence-electron chi connectivity index (χ2n) is 7.41. The van der Waals surface area contributed by atoms with Crippen LogP contribution in [0.25, 0.3) is 10.2 Å². The van der Waals surface area contributed by atoms with Gasteiger partial charge in [-0.05, 0) is 24.6 Å². The van der Waals surface area contributed by atoms with Gasteiger partial charge in [-0.1, -0.05) is 83.6 Å². The molecule has 31 heavy (non-hydrogen) atoms. The number of carbonyl (C=O) groups is 2. The summed E-state index contributed by atoms with van der Waals surface area (Å²) in [5, 5.41) is 11.3. The first-order valence-electron chi connectivity index (χ1n) is 9.83. The first-order valence-corrected chi connectivity index (χ1v) is 10.6. The van der Waals surface area contributed by atoms with Crippen molar-refractivity contribution in [1.82, 2.24) is 4.98 Å². The number of ketones is 1. The monoisotopic (exact) mass is 426 g/mol. The minimum absolute atomic E-state index is 0.0688. The van der Waals surface area contributed by atoms with Gasteiger partial charge in [0, 0.05) is 5.56 Å². The normalized spacial score (nSPS) is 16.4. The Kier molecular flexibility index (Phi) is 4.64. The molecule has 1 unspecified atom stereocenters. The lowest BCUT2D eigenvalue weighted by Crippen LogP contribution is -2.31. The minimum atomic E-state index is -0.763. The maximum atomic E-state index is 13.4. The van der Waals surface area contributed by atoms with E-state index in [9.17, 15) is 14.7 Å². The fraction of sp³-hybridized carbons (Fsp3) is 0.0800. The Labute approximate surface area is 182 Å². The van der Waals surface area contributed by atoms with Gasteiger partial charge in [0.1, 0.15) is 0 Å². The van der Waals surface area contributed by atoms with Crippen LogP contribution in [0.2, 0.25) is 0 Å². The number of benzene rings is 3. The van der Waals surface area contributed by atoms with E-state index >= 15 is 0 Å². The van der Waals surface area contributed by atoms with Crippen LogP contribution in [0.3, 0.4) is 0 Å². The average Bonchev–Trinajstić information content (AvgIpc) is 3.33. The van der Waals surface area contributed by atoms with Crippen LogP contribution in [0.1, 0.15) is 27.5 Å².